The van der Waals surface area contributed by atoms with Gasteiger partial charge in [-0.2, -0.15) is 0 Å². The molecule has 30 heavy (non-hydrogen) atoms. The second-order valence-corrected chi connectivity index (χ2v) is 8.53. The minimum Gasteiger partial charge on any atom is -0.441 e. The van der Waals surface area contributed by atoms with E-state index in [9.17, 15) is 14.5 Å². The van der Waals surface area contributed by atoms with Crippen molar-refractivity contribution < 1.29 is 18.8 Å². The lowest BCUT2D eigenvalue weighted by atomic mass is 10.0. The molecule has 1 unspecified atom stereocenters. The molecule has 152 valence electrons. The Balaban J connectivity index is 1.35. The summed E-state index contributed by atoms with van der Waals surface area (Å²) in [6, 6.07) is 17.1. The molecule has 2 heterocycles. The van der Waals surface area contributed by atoms with E-state index in [1.54, 1.807) is 12.1 Å². The summed E-state index contributed by atoms with van der Waals surface area (Å²) in [6.45, 7) is 2.08. The van der Waals surface area contributed by atoms with Gasteiger partial charge < -0.3 is 4.42 Å². The first-order valence-corrected chi connectivity index (χ1v) is 10.7. The highest BCUT2D eigenvalue weighted by molar-refractivity contribution is 8.13. The first-order valence-electron chi connectivity index (χ1n) is 9.79. The highest BCUT2D eigenvalue weighted by atomic mass is 32.2. The number of carbonyl (C=O) groups is 2. The maximum Gasteiger partial charge on any atom is 0.495 e. The van der Waals surface area contributed by atoms with Crippen molar-refractivity contribution in [3.63, 3.8) is 0 Å². The number of thioether (sulfide) groups is 1. The van der Waals surface area contributed by atoms with Crippen LogP contribution >= 0.6 is 11.8 Å². The highest BCUT2D eigenvalue weighted by Crippen LogP contribution is 2.26. The second-order valence-electron chi connectivity index (χ2n) is 7.28. The van der Waals surface area contributed by atoms with Gasteiger partial charge in [0.2, 0.25) is 12.4 Å². The number of benzene rings is 2. The van der Waals surface area contributed by atoms with Crippen molar-refractivity contribution >= 4 is 22.8 Å². The Labute approximate surface area is 178 Å². The lowest BCUT2D eigenvalue weighted by Gasteiger charge is -2.05. The molecule has 1 aliphatic heterocycles. The van der Waals surface area contributed by atoms with Crippen molar-refractivity contribution in [2.45, 2.75) is 31.4 Å². The van der Waals surface area contributed by atoms with Gasteiger partial charge in [0.15, 0.2) is 5.78 Å². The quantitative estimate of drug-likeness (QED) is 0.393. The average molecular weight is 421 g/mol. The highest BCUT2D eigenvalue weighted by Gasteiger charge is 2.39. The van der Waals surface area contributed by atoms with Crippen molar-refractivity contribution in [1.82, 2.24) is 4.98 Å². The van der Waals surface area contributed by atoms with E-state index in [4.69, 9.17) is 4.42 Å². The summed E-state index contributed by atoms with van der Waals surface area (Å²) in [5, 5.41) is -0.462. The molecule has 1 atom stereocenters. The summed E-state index contributed by atoms with van der Waals surface area (Å²) in [5.41, 5.74) is 3.36. The van der Waals surface area contributed by atoms with Gasteiger partial charge in [0, 0.05) is 40.6 Å². The SMILES string of the molecule is Cc1oc(-c2ccccc2)nc1CCC(=O)c1ccc(CC2C[N+](=O)C(=O)S2)cc1. The normalized spacial score (nSPS) is 16.2. The number of hydrogen-bond acceptors (Lipinski definition) is 6. The van der Waals surface area contributed by atoms with Crippen LogP contribution in [0.15, 0.2) is 59.0 Å². The van der Waals surface area contributed by atoms with E-state index in [-0.39, 0.29) is 17.6 Å². The van der Waals surface area contributed by atoms with Crippen LogP contribution in [0.25, 0.3) is 11.5 Å². The summed E-state index contributed by atoms with van der Waals surface area (Å²) in [7, 11) is 0. The van der Waals surface area contributed by atoms with Gasteiger partial charge in [0.05, 0.1) is 15.7 Å². The van der Waals surface area contributed by atoms with Crippen molar-refractivity contribution in [3.8, 4) is 11.5 Å². The molecule has 1 aliphatic rings. The fourth-order valence-electron chi connectivity index (χ4n) is 3.43. The first kappa shape index (κ1) is 20.2. The van der Waals surface area contributed by atoms with Crippen LogP contribution in [-0.4, -0.2) is 32.6 Å². The van der Waals surface area contributed by atoms with Gasteiger partial charge in [-0.15, -0.1) is 0 Å². The van der Waals surface area contributed by atoms with Crippen molar-refractivity contribution in [3.05, 3.63) is 82.1 Å². The molecule has 1 aromatic heterocycles. The standard InChI is InChI=1S/C23H21N2O4S/c1-15-20(24-22(29-15)18-5-3-2-4-6-18)11-12-21(26)17-9-7-16(8-10-17)13-19-14-25(28)23(27)30-19/h2-10,19H,11-14H2,1H3/q+1. The number of hydrogen-bond donors (Lipinski definition) is 0. The molecular formula is C23H21N2O4S+. The third kappa shape index (κ3) is 4.57. The van der Waals surface area contributed by atoms with E-state index in [1.165, 1.54) is 0 Å². The third-order valence-electron chi connectivity index (χ3n) is 5.08. The first-order chi connectivity index (χ1) is 14.5. The number of rotatable bonds is 7. The molecule has 0 radical (unpaired) electrons. The number of Topliss-reactive ketones (excluding diaryl/α,β-unsaturated/α-hetero) is 1. The Morgan fingerprint density at radius 2 is 1.90 bits per heavy atom. The molecule has 0 N–H and O–H groups in total. The lowest BCUT2D eigenvalue weighted by molar-refractivity contribution is -0.432. The topological polar surface area (TPSA) is 80.2 Å². The van der Waals surface area contributed by atoms with Crippen LogP contribution in [0.2, 0.25) is 0 Å². The molecule has 0 bridgehead atoms. The van der Waals surface area contributed by atoms with Gasteiger partial charge in [-0.05, 0) is 31.0 Å². The molecular weight excluding hydrogens is 400 g/mol. The van der Waals surface area contributed by atoms with E-state index in [0.29, 0.717) is 35.5 Å². The summed E-state index contributed by atoms with van der Waals surface area (Å²) in [6.07, 6.45) is 1.49. The van der Waals surface area contributed by atoms with Gasteiger partial charge in [-0.3, -0.25) is 4.79 Å². The molecule has 7 heteroatoms. The molecule has 1 fully saturated rings. The van der Waals surface area contributed by atoms with Crippen LogP contribution in [-0.2, 0) is 12.8 Å². The molecule has 2 aromatic carbocycles. The Morgan fingerprint density at radius 3 is 2.57 bits per heavy atom. The van der Waals surface area contributed by atoms with E-state index < -0.39 is 5.24 Å². The molecule has 1 saturated heterocycles. The fourth-order valence-corrected chi connectivity index (χ4v) is 4.40. The van der Waals surface area contributed by atoms with E-state index in [2.05, 4.69) is 4.98 Å². The van der Waals surface area contributed by atoms with Crippen LogP contribution in [0.4, 0.5) is 4.79 Å². The molecule has 0 spiro atoms. The Kier molecular flexibility index (Phi) is 5.90. The number of oxazole rings is 1. The molecule has 1 amide bonds. The van der Waals surface area contributed by atoms with Gasteiger partial charge in [-0.1, -0.05) is 42.5 Å². The van der Waals surface area contributed by atoms with Gasteiger partial charge in [0.1, 0.15) is 5.76 Å². The van der Waals surface area contributed by atoms with E-state index in [1.807, 2.05) is 49.4 Å². The maximum atomic E-state index is 12.6. The van der Waals surface area contributed by atoms with Crippen LogP contribution in [0.5, 0.6) is 0 Å². The monoisotopic (exact) mass is 421 g/mol. The number of aromatic nitrogens is 1. The van der Waals surface area contributed by atoms with Crippen LogP contribution in [0.1, 0.15) is 33.8 Å². The summed E-state index contributed by atoms with van der Waals surface area (Å²) >= 11 is 1.08. The number of carbonyl (C=O) groups excluding carboxylic acids is 2. The van der Waals surface area contributed by atoms with Gasteiger partial charge in [-0.25, -0.2) is 9.78 Å². The minimum atomic E-state index is -0.426. The molecule has 6 nitrogen and oxygen atoms in total. The Morgan fingerprint density at radius 1 is 1.17 bits per heavy atom. The molecule has 3 aromatic rings. The third-order valence-corrected chi connectivity index (χ3v) is 6.14. The zero-order valence-corrected chi connectivity index (χ0v) is 17.4. The van der Waals surface area contributed by atoms with Crippen molar-refractivity contribution in [1.29, 1.82) is 0 Å². The fraction of sp³-hybridized carbons (Fsp3) is 0.261. The lowest BCUT2D eigenvalue weighted by Crippen LogP contribution is -2.12. The predicted molar refractivity (Wildman–Crippen MR) is 115 cm³/mol. The zero-order valence-electron chi connectivity index (χ0n) is 16.5. The van der Waals surface area contributed by atoms with Crippen LogP contribution in [0, 0.1) is 11.8 Å². The summed E-state index contributed by atoms with van der Waals surface area (Å²) in [5.74, 6) is 1.34. The van der Waals surface area contributed by atoms with Gasteiger partial charge in [0.25, 0.3) is 0 Å². The van der Waals surface area contributed by atoms with Crippen LogP contribution < -0.4 is 0 Å². The Bertz CT molecular complexity index is 1070. The predicted octanol–water partition coefficient (Wildman–Crippen LogP) is 5.02. The number of nitrogens with zero attached hydrogens (tertiary/aromatic N) is 2. The average Bonchev–Trinajstić information content (AvgIpc) is 3.28. The molecule has 0 saturated carbocycles. The smallest absolute Gasteiger partial charge is 0.441 e. The molecule has 0 aliphatic carbocycles. The molecule has 4 rings (SSSR count). The van der Waals surface area contributed by atoms with Crippen LogP contribution in [0.3, 0.4) is 0 Å². The van der Waals surface area contributed by atoms with Gasteiger partial charge >= 0.3 is 5.24 Å². The minimum absolute atomic E-state index is 0.0366. The zero-order chi connectivity index (χ0) is 21.1. The van der Waals surface area contributed by atoms with Crippen molar-refractivity contribution in [2.75, 3.05) is 6.54 Å². The number of amides is 1. The van der Waals surface area contributed by atoms with E-state index in [0.717, 1.165) is 34.3 Å². The summed E-state index contributed by atoms with van der Waals surface area (Å²) < 4.78 is 6.26. The second kappa shape index (κ2) is 8.75. The Hall–Kier alpha value is -3.06. The van der Waals surface area contributed by atoms with E-state index >= 15 is 0 Å². The number of ketones is 1. The van der Waals surface area contributed by atoms with Crippen molar-refractivity contribution in [2.24, 2.45) is 0 Å². The maximum absolute atomic E-state index is 12.6. The summed E-state index contributed by atoms with van der Waals surface area (Å²) in [4.78, 5) is 39.8. The number of aryl methyl sites for hydroxylation is 2. The largest absolute Gasteiger partial charge is 0.495 e. The number of nitroso groups, excluding NO2 is 1.